The normalized spacial score (nSPS) is 12.6. The lowest BCUT2D eigenvalue weighted by Gasteiger charge is -2.04. The first-order valence-electron chi connectivity index (χ1n) is 5.84. The molecule has 1 atom stereocenters. The van der Waals surface area contributed by atoms with Crippen molar-refractivity contribution in [1.29, 1.82) is 0 Å². The molecule has 2 heterocycles. The Morgan fingerprint density at radius 3 is 2.55 bits per heavy atom. The van der Waals surface area contributed by atoms with Crippen molar-refractivity contribution in [3.8, 4) is 5.69 Å². The smallest absolute Gasteiger partial charge is 0.0843 e. The Morgan fingerprint density at radius 1 is 1.15 bits per heavy atom. The molecule has 1 aromatic carbocycles. The molecule has 3 aromatic rings. The molecule has 102 valence electrons. The molecule has 1 unspecified atom stereocenters. The SMILES string of the molecule is Brc1cc(C(Br)c2cnn(-c3ccccc3)c2)sc1Br. The van der Waals surface area contributed by atoms with Crippen LogP contribution in [0.3, 0.4) is 0 Å². The molecule has 0 aliphatic heterocycles. The van der Waals surface area contributed by atoms with E-state index < -0.39 is 0 Å². The Hall–Kier alpha value is -0.430. The molecular weight excluding hydrogens is 468 g/mol. The van der Waals surface area contributed by atoms with Crippen LogP contribution >= 0.6 is 59.1 Å². The number of hydrogen-bond donors (Lipinski definition) is 0. The molecule has 0 bridgehead atoms. The predicted molar refractivity (Wildman–Crippen MR) is 94.1 cm³/mol. The van der Waals surface area contributed by atoms with Crippen molar-refractivity contribution >= 4 is 59.1 Å². The summed E-state index contributed by atoms with van der Waals surface area (Å²) < 4.78 is 4.08. The van der Waals surface area contributed by atoms with Crippen LogP contribution in [-0.2, 0) is 0 Å². The van der Waals surface area contributed by atoms with Gasteiger partial charge in [0.2, 0.25) is 0 Å². The minimum absolute atomic E-state index is 0.146. The fourth-order valence-corrected chi connectivity index (χ4v) is 4.59. The number of para-hydroxylation sites is 1. The lowest BCUT2D eigenvalue weighted by atomic mass is 10.2. The fourth-order valence-electron chi connectivity index (χ4n) is 1.84. The van der Waals surface area contributed by atoms with E-state index in [0.29, 0.717) is 0 Å². The van der Waals surface area contributed by atoms with E-state index in [-0.39, 0.29) is 4.83 Å². The summed E-state index contributed by atoms with van der Waals surface area (Å²) in [5.74, 6) is 0. The maximum atomic E-state index is 4.43. The predicted octanol–water partition coefficient (Wildman–Crippen LogP) is 5.94. The van der Waals surface area contributed by atoms with Crippen molar-refractivity contribution < 1.29 is 0 Å². The summed E-state index contributed by atoms with van der Waals surface area (Å²) in [6.07, 6.45) is 3.95. The van der Waals surface area contributed by atoms with Crippen molar-refractivity contribution in [3.63, 3.8) is 0 Å². The van der Waals surface area contributed by atoms with Gasteiger partial charge in [0.25, 0.3) is 0 Å². The quantitative estimate of drug-likeness (QED) is 0.427. The summed E-state index contributed by atoms with van der Waals surface area (Å²) in [5, 5.41) is 4.43. The van der Waals surface area contributed by atoms with Gasteiger partial charge in [-0.2, -0.15) is 5.10 Å². The molecule has 0 fully saturated rings. The van der Waals surface area contributed by atoms with E-state index in [1.807, 2.05) is 41.2 Å². The van der Waals surface area contributed by atoms with Gasteiger partial charge in [-0.25, -0.2) is 4.68 Å². The zero-order valence-corrected chi connectivity index (χ0v) is 15.7. The Balaban J connectivity index is 1.90. The van der Waals surface area contributed by atoms with E-state index in [9.17, 15) is 0 Å². The Bertz CT molecular complexity index is 702. The molecule has 0 amide bonds. The van der Waals surface area contributed by atoms with Crippen molar-refractivity contribution in [2.24, 2.45) is 0 Å². The van der Waals surface area contributed by atoms with Gasteiger partial charge >= 0.3 is 0 Å². The largest absolute Gasteiger partial charge is 0.241 e. The lowest BCUT2D eigenvalue weighted by Crippen LogP contribution is -1.93. The number of nitrogens with zero attached hydrogens (tertiary/aromatic N) is 2. The third-order valence-electron chi connectivity index (χ3n) is 2.83. The minimum atomic E-state index is 0.146. The summed E-state index contributed by atoms with van der Waals surface area (Å²) in [4.78, 5) is 1.38. The third-order valence-corrected chi connectivity index (χ3v) is 7.48. The fraction of sp³-hybridized carbons (Fsp3) is 0.0714. The van der Waals surface area contributed by atoms with E-state index >= 15 is 0 Å². The van der Waals surface area contributed by atoms with E-state index in [2.05, 4.69) is 65.2 Å². The second kappa shape index (κ2) is 6.13. The second-order valence-corrected chi connectivity index (χ2v) is 8.36. The van der Waals surface area contributed by atoms with Gasteiger partial charge < -0.3 is 0 Å². The number of thiophene rings is 1. The van der Waals surface area contributed by atoms with E-state index in [0.717, 1.165) is 19.5 Å². The zero-order chi connectivity index (χ0) is 14.1. The zero-order valence-electron chi connectivity index (χ0n) is 10.1. The molecule has 20 heavy (non-hydrogen) atoms. The maximum absolute atomic E-state index is 4.43. The molecule has 0 aliphatic carbocycles. The van der Waals surface area contributed by atoms with Crippen LogP contribution in [-0.4, -0.2) is 9.78 Å². The Labute approximate surface area is 146 Å². The van der Waals surface area contributed by atoms with Gasteiger partial charge in [0.15, 0.2) is 0 Å². The molecule has 0 spiro atoms. The molecular formula is C14H9Br3N2S. The molecule has 2 nitrogen and oxygen atoms in total. The minimum Gasteiger partial charge on any atom is -0.241 e. The average molecular weight is 477 g/mol. The van der Waals surface area contributed by atoms with E-state index in [1.54, 1.807) is 11.3 Å². The summed E-state index contributed by atoms with van der Waals surface area (Å²) in [7, 11) is 0. The molecule has 0 radical (unpaired) electrons. The van der Waals surface area contributed by atoms with Crippen molar-refractivity contribution in [2.75, 3.05) is 0 Å². The van der Waals surface area contributed by atoms with E-state index in [4.69, 9.17) is 0 Å². The molecule has 0 saturated heterocycles. The maximum Gasteiger partial charge on any atom is 0.0843 e. The Morgan fingerprint density at radius 2 is 1.90 bits per heavy atom. The highest BCUT2D eigenvalue weighted by Crippen LogP contribution is 2.41. The van der Waals surface area contributed by atoms with Gasteiger partial charge in [-0.3, -0.25) is 0 Å². The highest BCUT2D eigenvalue weighted by Gasteiger charge is 2.16. The first-order chi connectivity index (χ1) is 9.65. The highest BCUT2D eigenvalue weighted by molar-refractivity contribution is 9.13. The van der Waals surface area contributed by atoms with Gasteiger partial charge in [0, 0.05) is 21.1 Å². The number of aromatic nitrogens is 2. The number of rotatable bonds is 3. The van der Waals surface area contributed by atoms with Gasteiger partial charge in [-0.1, -0.05) is 34.1 Å². The first-order valence-corrected chi connectivity index (χ1v) is 9.16. The lowest BCUT2D eigenvalue weighted by molar-refractivity contribution is 0.880. The standard InChI is InChI=1S/C14H9Br3N2S/c15-11-6-12(20-14(11)17)13(16)9-7-18-19(8-9)10-4-2-1-3-5-10/h1-8,13H. The van der Waals surface area contributed by atoms with Crippen LogP contribution in [0, 0.1) is 0 Å². The van der Waals surface area contributed by atoms with Crippen molar-refractivity contribution in [3.05, 3.63) is 67.5 Å². The molecule has 0 saturated carbocycles. The topological polar surface area (TPSA) is 17.8 Å². The average Bonchev–Trinajstić information content (AvgIpc) is 3.07. The summed E-state index contributed by atoms with van der Waals surface area (Å²) >= 11 is 12.5. The summed E-state index contributed by atoms with van der Waals surface area (Å²) in [6.45, 7) is 0. The number of benzene rings is 1. The first kappa shape index (κ1) is 14.5. The summed E-state index contributed by atoms with van der Waals surface area (Å²) in [6, 6.07) is 12.2. The van der Waals surface area contributed by atoms with Gasteiger partial charge in [0.1, 0.15) is 0 Å². The van der Waals surface area contributed by atoms with E-state index in [1.165, 1.54) is 4.88 Å². The van der Waals surface area contributed by atoms with Gasteiger partial charge in [-0.15, -0.1) is 11.3 Å². The van der Waals surface area contributed by atoms with Crippen LogP contribution < -0.4 is 0 Å². The van der Waals surface area contributed by atoms with Crippen LogP contribution in [0.2, 0.25) is 0 Å². The number of hydrogen-bond acceptors (Lipinski definition) is 2. The van der Waals surface area contributed by atoms with Crippen LogP contribution in [0.25, 0.3) is 5.69 Å². The van der Waals surface area contributed by atoms with Crippen LogP contribution in [0.4, 0.5) is 0 Å². The molecule has 3 rings (SSSR count). The van der Waals surface area contributed by atoms with Crippen molar-refractivity contribution in [2.45, 2.75) is 4.83 Å². The van der Waals surface area contributed by atoms with Crippen LogP contribution in [0.1, 0.15) is 15.3 Å². The van der Waals surface area contributed by atoms with Gasteiger partial charge in [-0.05, 0) is 50.1 Å². The third kappa shape index (κ3) is 2.93. The molecule has 2 aromatic heterocycles. The van der Waals surface area contributed by atoms with Crippen LogP contribution in [0.15, 0.2) is 57.1 Å². The highest BCUT2D eigenvalue weighted by atomic mass is 79.9. The number of alkyl halides is 1. The second-order valence-electron chi connectivity index (χ2n) is 4.19. The summed E-state index contributed by atoms with van der Waals surface area (Å²) in [5.41, 5.74) is 2.20. The molecule has 6 heteroatoms. The molecule has 0 aliphatic rings. The van der Waals surface area contributed by atoms with Crippen LogP contribution in [0.5, 0.6) is 0 Å². The van der Waals surface area contributed by atoms with Crippen molar-refractivity contribution in [1.82, 2.24) is 9.78 Å². The number of halogens is 3. The monoisotopic (exact) mass is 474 g/mol. The van der Waals surface area contributed by atoms with Gasteiger partial charge in [0.05, 0.1) is 20.5 Å². The Kier molecular flexibility index (Phi) is 4.45. The molecule has 0 N–H and O–H groups in total.